The van der Waals surface area contributed by atoms with Gasteiger partial charge in [0.25, 0.3) is 0 Å². The van der Waals surface area contributed by atoms with Gasteiger partial charge in [-0.15, -0.1) is 0 Å². The Hall–Kier alpha value is -1.71. The lowest BCUT2D eigenvalue weighted by molar-refractivity contribution is 0.581. The molecule has 16 heavy (non-hydrogen) atoms. The molecule has 3 rings (SSSR count). The van der Waals surface area contributed by atoms with Gasteiger partial charge >= 0.3 is 0 Å². The first-order chi connectivity index (χ1) is 7.84. The molecule has 4 heteroatoms. The van der Waals surface area contributed by atoms with Gasteiger partial charge in [0.05, 0.1) is 17.7 Å². The highest BCUT2D eigenvalue weighted by Crippen LogP contribution is 2.22. The summed E-state index contributed by atoms with van der Waals surface area (Å²) in [4.78, 5) is 7.94. The molecular weight excluding hydrogens is 205 g/mol. The SMILES string of the molecule is Fc1cc(-n2cnc3c2CCCC3)ccn1. The van der Waals surface area contributed by atoms with Crippen molar-refractivity contribution in [1.29, 1.82) is 0 Å². The van der Waals surface area contributed by atoms with E-state index in [0.717, 1.165) is 24.2 Å². The number of imidazole rings is 1. The smallest absolute Gasteiger partial charge is 0.214 e. The van der Waals surface area contributed by atoms with Crippen molar-refractivity contribution in [1.82, 2.24) is 14.5 Å². The Morgan fingerprint density at radius 2 is 2.06 bits per heavy atom. The van der Waals surface area contributed by atoms with Gasteiger partial charge < -0.3 is 4.57 Å². The van der Waals surface area contributed by atoms with Crippen molar-refractivity contribution in [3.05, 3.63) is 42.0 Å². The maximum Gasteiger partial charge on any atom is 0.214 e. The van der Waals surface area contributed by atoms with Crippen LogP contribution in [0.5, 0.6) is 0 Å². The van der Waals surface area contributed by atoms with Crippen LogP contribution in [-0.4, -0.2) is 14.5 Å². The van der Waals surface area contributed by atoms with Gasteiger partial charge in [0.1, 0.15) is 0 Å². The van der Waals surface area contributed by atoms with Crippen LogP contribution in [0, 0.1) is 5.95 Å². The van der Waals surface area contributed by atoms with E-state index in [0.29, 0.717) is 0 Å². The Labute approximate surface area is 93.0 Å². The monoisotopic (exact) mass is 217 g/mol. The van der Waals surface area contributed by atoms with Crippen molar-refractivity contribution in [2.45, 2.75) is 25.7 Å². The highest BCUT2D eigenvalue weighted by Gasteiger charge is 2.16. The molecule has 0 aromatic carbocycles. The number of halogens is 1. The van der Waals surface area contributed by atoms with Gasteiger partial charge in [-0.1, -0.05) is 0 Å². The molecular formula is C12H12FN3. The second-order valence-electron chi connectivity index (χ2n) is 4.05. The molecule has 82 valence electrons. The molecule has 0 spiro atoms. The van der Waals surface area contributed by atoms with E-state index >= 15 is 0 Å². The first-order valence-electron chi connectivity index (χ1n) is 5.51. The molecule has 0 unspecified atom stereocenters. The van der Waals surface area contributed by atoms with Gasteiger partial charge in [0.15, 0.2) is 0 Å². The number of aryl methyl sites for hydroxylation is 1. The van der Waals surface area contributed by atoms with E-state index in [1.807, 2.05) is 4.57 Å². The first kappa shape index (κ1) is 9.51. The zero-order valence-electron chi connectivity index (χ0n) is 8.86. The van der Waals surface area contributed by atoms with Crippen LogP contribution in [0.4, 0.5) is 4.39 Å². The first-order valence-corrected chi connectivity index (χ1v) is 5.51. The molecule has 0 radical (unpaired) electrons. The van der Waals surface area contributed by atoms with Crippen molar-refractivity contribution in [3.63, 3.8) is 0 Å². The molecule has 0 saturated heterocycles. The zero-order valence-corrected chi connectivity index (χ0v) is 8.86. The molecule has 0 atom stereocenters. The largest absolute Gasteiger partial charge is 0.303 e. The Balaban J connectivity index is 2.09. The maximum atomic E-state index is 13.0. The van der Waals surface area contributed by atoms with Gasteiger partial charge in [-0.2, -0.15) is 4.39 Å². The van der Waals surface area contributed by atoms with Gasteiger partial charge in [-0.3, -0.25) is 0 Å². The fourth-order valence-electron chi connectivity index (χ4n) is 2.23. The molecule has 0 amide bonds. The van der Waals surface area contributed by atoms with Gasteiger partial charge in [0.2, 0.25) is 5.95 Å². The number of hydrogen-bond acceptors (Lipinski definition) is 2. The number of fused-ring (bicyclic) bond motifs is 1. The van der Waals surface area contributed by atoms with Crippen LogP contribution in [-0.2, 0) is 12.8 Å². The summed E-state index contributed by atoms with van der Waals surface area (Å²) in [6, 6.07) is 3.25. The second kappa shape index (κ2) is 3.70. The van der Waals surface area contributed by atoms with Gasteiger partial charge in [-0.25, -0.2) is 9.97 Å². The number of rotatable bonds is 1. The highest BCUT2D eigenvalue weighted by atomic mass is 19.1. The van der Waals surface area contributed by atoms with Crippen LogP contribution in [0.25, 0.3) is 5.69 Å². The second-order valence-corrected chi connectivity index (χ2v) is 4.05. The summed E-state index contributed by atoms with van der Waals surface area (Å²) in [6.45, 7) is 0. The minimum absolute atomic E-state index is 0.448. The minimum Gasteiger partial charge on any atom is -0.303 e. The van der Waals surface area contributed by atoms with E-state index in [9.17, 15) is 4.39 Å². The van der Waals surface area contributed by atoms with Crippen LogP contribution in [0.3, 0.4) is 0 Å². The summed E-state index contributed by atoms with van der Waals surface area (Å²) in [5.74, 6) is -0.448. The molecule has 2 aromatic heterocycles. The third-order valence-electron chi connectivity index (χ3n) is 3.02. The topological polar surface area (TPSA) is 30.7 Å². The van der Waals surface area contributed by atoms with E-state index in [-0.39, 0.29) is 0 Å². The molecule has 2 aromatic rings. The van der Waals surface area contributed by atoms with Crippen molar-refractivity contribution < 1.29 is 4.39 Å². The standard InChI is InChI=1S/C12H12FN3/c13-12-7-9(5-6-14-12)16-8-15-10-3-1-2-4-11(10)16/h5-8H,1-4H2. The summed E-state index contributed by atoms with van der Waals surface area (Å²) in [5, 5.41) is 0. The van der Waals surface area contributed by atoms with E-state index in [1.54, 1.807) is 12.4 Å². The van der Waals surface area contributed by atoms with Crippen molar-refractivity contribution in [2.75, 3.05) is 0 Å². The fraction of sp³-hybridized carbons (Fsp3) is 0.333. The molecule has 0 saturated carbocycles. The van der Waals surface area contributed by atoms with Crippen molar-refractivity contribution in [2.24, 2.45) is 0 Å². The Kier molecular flexibility index (Phi) is 2.20. The normalized spacial score (nSPS) is 14.8. The van der Waals surface area contributed by atoms with Crippen molar-refractivity contribution >= 4 is 0 Å². The molecule has 2 heterocycles. The average molecular weight is 217 g/mol. The molecule has 0 N–H and O–H groups in total. The Bertz CT molecular complexity index is 519. The third-order valence-corrected chi connectivity index (χ3v) is 3.02. The lowest BCUT2D eigenvalue weighted by Crippen LogP contribution is -2.07. The van der Waals surface area contributed by atoms with Crippen LogP contribution >= 0.6 is 0 Å². The summed E-state index contributed by atoms with van der Waals surface area (Å²) >= 11 is 0. The Morgan fingerprint density at radius 3 is 2.94 bits per heavy atom. The molecule has 0 aliphatic heterocycles. The number of pyridine rings is 1. The van der Waals surface area contributed by atoms with E-state index < -0.39 is 5.95 Å². The number of nitrogens with zero attached hydrogens (tertiary/aromatic N) is 3. The van der Waals surface area contributed by atoms with Crippen LogP contribution in [0.15, 0.2) is 24.7 Å². The minimum atomic E-state index is -0.448. The average Bonchev–Trinajstić information content (AvgIpc) is 2.72. The number of aromatic nitrogens is 3. The molecule has 3 nitrogen and oxygen atoms in total. The van der Waals surface area contributed by atoms with Crippen LogP contribution < -0.4 is 0 Å². The van der Waals surface area contributed by atoms with Crippen molar-refractivity contribution in [3.8, 4) is 5.69 Å². The predicted octanol–water partition coefficient (Wildman–Crippen LogP) is 2.29. The van der Waals surface area contributed by atoms with Gasteiger partial charge in [0, 0.05) is 18.0 Å². The zero-order chi connectivity index (χ0) is 11.0. The van der Waals surface area contributed by atoms with E-state index in [2.05, 4.69) is 9.97 Å². The molecule has 0 fully saturated rings. The van der Waals surface area contributed by atoms with Crippen LogP contribution in [0.1, 0.15) is 24.2 Å². The Morgan fingerprint density at radius 1 is 1.19 bits per heavy atom. The molecule has 0 bridgehead atoms. The molecule has 1 aliphatic rings. The van der Waals surface area contributed by atoms with Crippen LogP contribution in [0.2, 0.25) is 0 Å². The summed E-state index contributed by atoms with van der Waals surface area (Å²) < 4.78 is 15.0. The summed E-state index contributed by atoms with van der Waals surface area (Å²) in [6.07, 6.45) is 7.72. The lowest BCUT2D eigenvalue weighted by atomic mass is 10.0. The van der Waals surface area contributed by atoms with E-state index in [4.69, 9.17) is 0 Å². The number of hydrogen-bond donors (Lipinski definition) is 0. The maximum absolute atomic E-state index is 13.0. The molecule has 1 aliphatic carbocycles. The fourth-order valence-corrected chi connectivity index (χ4v) is 2.23. The highest BCUT2D eigenvalue weighted by molar-refractivity contribution is 5.34. The van der Waals surface area contributed by atoms with Gasteiger partial charge in [-0.05, 0) is 31.7 Å². The quantitative estimate of drug-likeness (QED) is 0.686. The third kappa shape index (κ3) is 1.50. The lowest BCUT2D eigenvalue weighted by Gasteiger charge is -2.13. The summed E-state index contributed by atoms with van der Waals surface area (Å²) in [5.41, 5.74) is 3.18. The van der Waals surface area contributed by atoms with E-state index in [1.165, 1.54) is 30.8 Å². The predicted molar refractivity (Wildman–Crippen MR) is 58.0 cm³/mol. The summed E-state index contributed by atoms with van der Waals surface area (Å²) in [7, 11) is 0.